The highest BCUT2D eigenvalue weighted by atomic mass is 35.5. The van der Waals surface area contributed by atoms with Gasteiger partial charge in [-0.25, -0.2) is 0 Å². The lowest BCUT2D eigenvalue weighted by atomic mass is 10.00. The van der Waals surface area contributed by atoms with E-state index in [9.17, 15) is 13.2 Å². The summed E-state index contributed by atoms with van der Waals surface area (Å²) >= 11 is 13.8. The number of benzene rings is 1. The Hall–Kier alpha value is -1.99. The summed E-state index contributed by atoms with van der Waals surface area (Å²) in [4.78, 5) is 14.3. The number of carbonyl (C=O) groups excluding carboxylic acids is 1. The highest BCUT2D eigenvalue weighted by Crippen LogP contribution is 2.32. The lowest BCUT2D eigenvalue weighted by Gasteiger charge is -2.41. The fourth-order valence-corrected chi connectivity index (χ4v) is 7.06. The van der Waals surface area contributed by atoms with E-state index in [2.05, 4.69) is 15.7 Å². The first kappa shape index (κ1) is 24.7. The van der Waals surface area contributed by atoms with E-state index < -0.39 is 10.2 Å². The van der Waals surface area contributed by atoms with E-state index >= 15 is 0 Å². The Morgan fingerprint density at radius 3 is 2.54 bits per heavy atom. The zero-order valence-corrected chi connectivity index (χ0v) is 21.8. The average molecular weight is 556 g/mol. The second-order valence-electron chi connectivity index (χ2n) is 8.38. The standard InChI is InChI=1S/C22H24Cl2N6O3S2/c23-18-4-2-1-3-17(18)22(31)30-21(26-12-16-5-6-20(24)34-16)11-19(27-30)15-13-29(14-15)35(32,33)28-9-7-25-8-10-28/h1-6,11,15,25-26H,7-10,12-14H2. The van der Waals surface area contributed by atoms with E-state index in [0.717, 1.165) is 4.88 Å². The number of nitrogens with one attached hydrogen (secondary N) is 2. The maximum Gasteiger partial charge on any atom is 0.282 e. The predicted molar refractivity (Wildman–Crippen MR) is 138 cm³/mol. The molecule has 2 aliphatic rings. The number of piperazine rings is 1. The van der Waals surface area contributed by atoms with Gasteiger partial charge in [0, 0.05) is 56.1 Å². The maximum atomic E-state index is 13.3. The Kier molecular flexibility index (Phi) is 7.18. The Morgan fingerprint density at radius 2 is 1.86 bits per heavy atom. The van der Waals surface area contributed by atoms with Crippen LogP contribution in [0.25, 0.3) is 0 Å². The van der Waals surface area contributed by atoms with E-state index in [1.165, 1.54) is 24.6 Å². The lowest BCUT2D eigenvalue weighted by Crippen LogP contribution is -2.57. The van der Waals surface area contributed by atoms with E-state index in [-0.39, 0.29) is 11.8 Å². The van der Waals surface area contributed by atoms with Crippen molar-refractivity contribution < 1.29 is 13.2 Å². The molecular weight excluding hydrogens is 531 g/mol. The van der Waals surface area contributed by atoms with Crippen LogP contribution in [0.1, 0.15) is 26.8 Å². The normalized spacial score (nSPS) is 17.9. The molecule has 0 saturated carbocycles. The topological polar surface area (TPSA) is 99.6 Å². The smallest absolute Gasteiger partial charge is 0.282 e. The molecule has 0 unspecified atom stereocenters. The highest BCUT2D eigenvalue weighted by Gasteiger charge is 2.41. The zero-order valence-electron chi connectivity index (χ0n) is 18.7. The average Bonchev–Trinajstić information content (AvgIpc) is 3.43. The summed E-state index contributed by atoms with van der Waals surface area (Å²) in [5, 5.41) is 11.3. The number of carbonyl (C=O) groups is 1. The quantitative estimate of drug-likeness (QED) is 0.465. The second kappa shape index (κ2) is 10.2. The van der Waals surface area contributed by atoms with Crippen LogP contribution >= 0.6 is 34.5 Å². The first-order valence-corrected chi connectivity index (χ1v) is 14.1. The third kappa shape index (κ3) is 5.12. The minimum absolute atomic E-state index is 0.107. The molecule has 2 aliphatic heterocycles. The van der Waals surface area contributed by atoms with Gasteiger partial charge in [0.15, 0.2) is 0 Å². The van der Waals surface area contributed by atoms with Gasteiger partial charge in [0.25, 0.3) is 16.1 Å². The molecule has 0 spiro atoms. The number of anilines is 1. The Bertz CT molecular complexity index is 1330. The molecule has 186 valence electrons. The number of thiophene rings is 1. The molecule has 35 heavy (non-hydrogen) atoms. The number of rotatable bonds is 7. The molecule has 4 heterocycles. The van der Waals surface area contributed by atoms with Crippen LogP contribution in [0.4, 0.5) is 5.82 Å². The van der Waals surface area contributed by atoms with Crippen LogP contribution < -0.4 is 10.6 Å². The summed E-state index contributed by atoms with van der Waals surface area (Å²) in [7, 11) is -3.50. The van der Waals surface area contributed by atoms with Crippen molar-refractivity contribution in [3.63, 3.8) is 0 Å². The SMILES string of the molecule is O=C(c1ccccc1Cl)n1nc(C2CN(S(=O)(=O)N3CCNCC3)C2)cc1NCc1ccc(Cl)s1. The van der Waals surface area contributed by atoms with Crippen LogP contribution in [0.2, 0.25) is 9.36 Å². The second-order valence-corrected chi connectivity index (χ2v) is 12.5. The lowest BCUT2D eigenvalue weighted by molar-refractivity contribution is 0.0946. The summed E-state index contributed by atoms with van der Waals surface area (Å²) in [5.41, 5.74) is 0.992. The van der Waals surface area contributed by atoms with Crippen molar-refractivity contribution in [3.05, 3.63) is 68.0 Å². The Morgan fingerprint density at radius 1 is 1.11 bits per heavy atom. The third-order valence-electron chi connectivity index (χ3n) is 6.09. The van der Waals surface area contributed by atoms with Crippen LogP contribution in [0.15, 0.2) is 42.5 Å². The van der Waals surface area contributed by atoms with Gasteiger partial charge >= 0.3 is 0 Å². The van der Waals surface area contributed by atoms with E-state index in [0.29, 0.717) is 72.2 Å². The highest BCUT2D eigenvalue weighted by molar-refractivity contribution is 7.86. The van der Waals surface area contributed by atoms with Crippen LogP contribution in [0.5, 0.6) is 0 Å². The van der Waals surface area contributed by atoms with Gasteiger partial charge in [-0.15, -0.1) is 11.3 Å². The van der Waals surface area contributed by atoms with Gasteiger partial charge in [0.1, 0.15) is 5.82 Å². The van der Waals surface area contributed by atoms with Gasteiger partial charge in [-0.1, -0.05) is 35.3 Å². The van der Waals surface area contributed by atoms with Crippen LogP contribution in [0.3, 0.4) is 0 Å². The van der Waals surface area contributed by atoms with Crippen molar-refractivity contribution >= 4 is 56.5 Å². The molecule has 9 nitrogen and oxygen atoms in total. The van der Waals surface area contributed by atoms with Gasteiger partial charge in [-0.2, -0.15) is 26.8 Å². The summed E-state index contributed by atoms with van der Waals surface area (Å²) in [5.74, 6) is 0.0424. The summed E-state index contributed by atoms with van der Waals surface area (Å²) in [6.45, 7) is 3.33. The maximum absolute atomic E-state index is 13.3. The minimum atomic E-state index is -3.50. The molecular formula is C22H24Cl2N6O3S2. The van der Waals surface area contributed by atoms with Crippen molar-refractivity contribution in [1.82, 2.24) is 23.7 Å². The molecule has 13 heteroatoms. The molecule has 0 bridgehead atoms. The van der Waals surface area contributed by atoms with Gasteiger partial charge in [-0.3, -0.25) is 4.79 Å². The molecule has 0 amide bonds. The number of nitrogens with zero attached hydrogens (tertiary/aromatic N) is 4. The van der Waals surface area contributed by atoms with E-state index in [1.54, 1.807) is 24.3 Å². The summed E-state index contributed by atoms with van der Waals surface area (Å²) in [6.07, 6.45) is 0. The van der Waals surface area contributed by atoms with Crippen molar-refractivity contribution in [3.8, 4) is 0 Å². The molecule has 0 aliphatic carbocycles. The zero-order chi connectivity index (χ0) is 24.6. The molecule has 2 saturated heterocycles. The van der Waals surface area contributed by atoms with Crippen LogP contribution in [0, 0.1) is 0 Å². The van der Waals surface area contributed by atoms with Crippen LogP contribution in [-0.2, 0) is 16.8 Å². The summed E-state index contributed by atoms with van der Waals surface area (Å²) in [6, 6.07) is 12.4. The molecule has 1 aromatic carbocycles. The fraction of sp³-hybridized carbons (Fsp3) is 0.364. The van der Waals surface area contributed by atoms with E-state index in [4.69, 9.17) is 23.2 Å². The molecule has 5 rings (SSSR count). The fourth-order valence-electron chi connectivity index (χ4n) is 4.10. The van der Waals surface area contributed by atoms with Crippen LogP contribution in [-0.4, -0.2) is 72.0 Å². The monoisotopic (exact) mass is 554 g/mol. The first-order chi connectivity index (χ1) is 16.8. The third-order valence-corrected chi connectivity index (χ3v) is 9.62. The number of hydrogen-bond donors (Lipinski definition) is 2. The van der Waals surface area contributed by atoms with Crippen molar-refractivity contribution in [2.45, 2.75) is 12.5 Å². The molecule has 0 atom stereocenters. The Labute approximate surface area is 217 Å². The van der Waals surface area contributed by atoms with Crippen molar-refractivity contribution in [1.29, 1.82) is 0 Å². The van der Waals surface area contributed by atoms with Crippen molar-refractivity contribution in [2.75, 3.05) is 44.6 Å². The first-order valence-electron chi connectivity index (χ1n) is 11.2. The largest absolute Gasteiger partial charge is 0.365 e. The number of halogens is 2. The van der Waals surface area contributed by atoms with Gasteiger partial charge < -0.3 is 10.6 Å². The van der Waals surface area contributed by atoms with Gasteiger partial charge in [0.05, 0.1) is 27.2 Å². The van der Waals surface area contributed by atoms with Gasteiger partial charge in [0.2, 0.25) is 0 Å². The molecule has 2 aromatic heterocycles. The molecule has 0 radical (unpaired) electrons. The van der Waals surface area contributed by atoms with Crippen molar-refractivity contribution in [2.24, 2.45) is 0 Å². The molecule has 2 fully saturated rings. The minimum Gasteiger partial charge on any atom is -0.365 e. The number of aromatic nitrogens is 2. The molecule has 3 aromatic rings. The predicted octanol–water partition coefficient (Wildman–Crippen LogP) is 3.10. The molecule has 2 N–H and O–H groups in total. The number of hydrogen-bond acceptors (Lipinski definition) is 7. The Balaban J connectivity index is 1.36. The van der Waals surface area contributed by atoms with E-state index in [1.807, 2.05) is 18.2 Å². The summed E-state index contributed by atoms with van der Waals surface area (Å²) < 4.78 is 30.8. The van der Waals surface area contributed by atoms with Gasteiger partial charge in [-0.05, 0) is 24.3 Å².